The average Bonchev–Trinajstić information content (AvgIpc) is 2.52. The molecular formula is C17H15ClN2O3. The van der Waals surface area contributed by atoms with Crippen LogP contribution in [0.2, 0.25) is 5.02 Å². The predicted octanol–water partition coefficient (Wildman–Crippen LogP) is 2.89. The Morgan fingerprint density at radius 3 is 2.70 bits per heavy atom. The molecule has 0 spiro atoms. The zero-order chi connectivity index (χ0) is 16.4. The number of benzene rings is 2. The molecule has 0 bridgehead atoms. The van der Waals surface area contributed by atoms with Gasteiger partial charge in [-0.15, -0.1) is 0 Å². The Kier molecular flexibility index (Phi) is 4.21. The Morgan fingerprint density at radius 1 is 1.26 bits per heavy atom. The molecule has 23 heavy (non-hydrogen) atoms. The molecule has 2 N–H and O–H groups in total. The molecule has 2 aromatic carbocycles. The van der Waals surface area contributed by atoms with Crippen molar-refractivity contribution in [3.63, 3.8) is 0 Å². The summed E-state index contributed by atoms with van der Waals surface area (Å²) in [4.78, 5) is 25.3. The maximum Gasteiger partial charge on any atom is 0.405 e. The second kappa shape index (κ2) is 6.30. The number of rotatable bonds is 3. The van der Waals surface area contributed by atoms with E-state index in [-0.39, 0.29) is 5.91 Å². The number of nitrogens with two attached hydrogens (primary N) is 1. The number of anilines is 1. The summed E-state index contributed by atoms with van der Waals surface area (Å²) in [5.74, 6) is -0.303. The minimum absolute atomic E-state index is 0.291. The minimum Gasteiger partial charge on any atom is -0.436 e. The molecule has 1 aliphatic rings. The van der Waals surface area contributed by atoms with Crippen LogP contribution in [0.1, 0.15) is 11.1 Å². The maximum atomic E-state index is 12.7. The molecule has 1 aliphatic heterocycles. The van der Waals surface area contributed by atoms with E-state index in [0.717, 1.165) is 16.8 Å². The number of carbonyl (C=O) groups is 2. The van der Waals surface area contributed by atoms with Gasteiger partial charge in [0, 0.05) is 17.1 Å². The summed E-state index contributed by atoms with van der Waals surface area (Å²) in [6.07, 6.45) is -1.58. The van der Waals surface area contributed by atoms with Crippen LogP contribution in [0.25, 0.3) is 0 Å². The van der Waals surface area contributed by atoms with Crippen LogP contribution < -0.4 is 10.6 Å². The molecule has 0 saturated carbocycles. The highest BCUT2D eigenvalue weighted by Crippen LogP contribution is 2.32. The van der Waals surface area contributed by atoms with Crippen molar-refractivity contribution in [2.75, 3.05) is 4.90 Å². The molecule has 0 radical (unpaired) electrons. The fourth-order valence-corrected chi connectivity index (χ4v) is 2.87. The third kappa shape index (κ3) is 3.29. The van der Waals surface area contributed by atoms with E-state index in [9.17, 15) is 9.59 Å². The van der Waals surface area contributed by atoms with Crippen molar-refractivity contribution in [1.82, 2.24) is 0 Å². The van der Waals surface area contributed by atoms with Gasteiger partial charge in [-0.05, 0) is 23.3 Å². The molecule has 0 fully saturated rings. The summed E-state index contributed by atoms with van der Waals surface area (Å²) in [7, 11) is 0. The highest BCUT2D eigenvalue weighted by molar-refractivity contribution is 6.31. The van der Waals surface area contributed by atoms with Crippen molar-refractivity contribution >= 4 is 29.3 Å². The standard InChI is InChI=1S/C17H15ClN2O3/c18-13-7-6-12-8-15(23-17(19)22)16(21)20(14(12)9-13)10-11-4-2-1-3-5-11/h1-7,9,15H,8,10H2,(H2,19,22)/t15-/m1/s1. The molecule has 5 nitrogen and oxygen atoms in total. The van der Waals surface area contributed by atoms with Gasteiger partial charge in [0.1, 0.15) is 0 Å². The second-order valence-corrected chi connectivity index (χ2v) is 5.75. The van der Waals surface area contributed by atoms with Crippen LogP contribution in [-0.2, 0) is 22.5 Å². The lowest BCUT2D eigenvalue weighted by Gasteiger charge is -2.33. The van der Waals surface area contributed by atoms with E-state index in [1.807, 2.05) is 36.4 Å². The summed E-state index contributed by atoms with van der Waals surface area (Å²) in [5.41, 5.74) is 7.66. The first kappa shape index (κ1) is 15.4. The normalized spacial score (nSPS) is 16.8. The fraction of sp³-hybridized carbons (Fsp3) is 0.176. The molecule has 2 amide bonds. The molecule has 0 aromatic heterocycles. The van der Waals surface area contributed by atoms with Gasteiger partial charge in [-0.25, -0.2) is 4.79 Å². The third-order valence-electron chi connectivity index (χ3n) is 3.73. The lowest BCUT2D eigenvalue weighted by atomic mass is 9.98. The van der Waals surface area contributed by atoms with E-state index in [1.165, 1.54) is 0 Å². The molecular weight excluding hydrogens is 316 g/mol. The van der Waals surface area contributed by atoms with Gasteiger partial charge in [0.25, 0.3) is 5.91 Å². The molecule has 6 heteroatoms. The molecule has 118 valence electrons. The molecule has 1 heterocycles. The van der Waals surface area contributed by atoms with Gasteiger partial charge in [-0.3, -0.25) is 4.79 Å². The number of fused-ring (bicyclic) bond motifs is 1. The summed E-state index contributed by atoms with van der Waals surface area (Å²) in [6, 6.07) is 14.9. The molecule has 2 aromatic rings. The highest BCUT2D eigenvalue weighted by Gasteiger charge is 2.35. The zero-order valence-electron chi connectivity index (χ0n) is 12.2. The topological polar surface area (TPSA) is 72.6 Å². The van der Waals surface area contributed by atoms with Gasteiger partial charge in [0.15, 0.2) is 6.10 Å². The second-order valence-electron chi connectivity index (χ2n) is 5.31. The van der Waals surface area contributed by atoms with Crippen molar-refractivity contribution in [3.8, 4) is 0 Å². The number of primary amides is 1. The minimum atomic E-state index is -0.958. The van der Waals surface area contributed by atoms with Gasteiger partial charge < -0.3 is 15.4 Å². The Morgan fingerprint density at radius 2 is 2.00 bits per heavy atom. The van der Waals surface area contributed by atoms with E-state index < -0.39 is 12.2 Å². The summed E-state index contributed by atoms with van der Waals surface area (Å²) >= 11 is 6.07. The summed E-state index contributed by atoms with van der Waals surface area (Å²) in [5, 5.41) is 0.545. The quantitative estimate of drug-likeness (QED) is 0.940. The van der Waals surface area contributed by atoms with Crippen molar-refractivity contribution in [3.05, 3.63) is 64.7 Å². The van der Waals surface area contributed by atoms with Crippen LogP contribution in [0.4, 0.5) is 10.5 Å². The Balaban J connectivity index is 1.98. The van der Waals surface area contributed by atoms with Gasteiger partial charge in [0.05, 0.1) is 6.54 Å². The van der Waals surface area contributed by atoms with Crippen LogP contribution in [0, 0.1) is 0 Å². The summed E-state index contributed by atoms with van der Waals surface area (Å²) in [6.45, 7) is 0.367. The van der Waals surface area contributed by atoms with Crippen LogP contribution in [-0.4, -0.2) is 18.1 Å². The number of hydrogen-bond acceptors (Lipinski definition) is 3. The third-order valence-corrected chi connectivity index (χ3v) is 3.96. The summed E-state index contributed by atoms with van der Waals surface area (Å²) < 4.78 is 4.97. The molecule has 3 rings (SSSR count). The molecule has 0 aliphatic carbocycles. The molecule has 0 unspecified atom stereocenters. The van der Waals surface area contributed by atoms with E-state index in [4.69, 9.17) is 22.1 Å². The van der Waals surface area contributed by atoms with Crippen LogP contribution >= 0.6 is 11.6 Å². The Labute approximate surface area is 138 Å². The molecule has 0 saturated heterocycles. The van der Waals surface area contributed by atoms with E-state index >= 15 is 0 Å². The SMILES string of the molecule is NC(=O)O[C@@H]1Cc2ccc(Cl)cc2N(Cc2ccccc2)C1=O. The van der Waals surface area contributed by atoms with E-state index in [0.29, 0.717) is 18.0 Å². The van der Waals surface area contributed by atoms with E-state index in [1.54, 1.807) is 17.0 Å². The van der Waals surface area contributed by atoms with Crippen LogP contribution in [0.5, 0.6) is 0 Å². The van der Waals surface area contributed by atoms with Gasteiger partial charge >= 0.3 is 6.09 Å². The number of nitrogens with zero attached hydrogens (tertiary/aromatic N) is 1. The van der Waals surface area contributed by atoms with Gasteiger partial charge in [-0.1, -0.05) is 48.0 Å². The predicted molar refractivity (Wildman–Crippen MR) is 87.2 cm³/mol. The van der Waals surface area contributed by atoms with Crippen molar-refractivity contribution in [2.45, 2.75) is 19.1 Å². The number of hydrogen-bond donors (Lipinski definition) is 1. The lowest BCUT2D eigenvalue weighted by Crippen LogP contribution is -2.46. The van der Waals surface area contributed by atoms with Crippen LogP contribution in [0.15, 0.2) is 48.5 Å². The zero-order valence-corrected chi connectivity index (χ0v) is 13.0. The van der Waals surface area contributed by atoms with Crippen molar-refractivity contribution in [2.24, 2.45) is 5.73 Å². The number of carbonyl (C=O) groups excluding carboxylic acids is 2. The largest absolute Gasteiger partial charge is 0.436 e. The first-order valence-electron chi connectivity index (χ1n) is 7.14. The van der Waals surface area contributed by atoms with E-state index in [2.05, 4.69) is 0 Å². The van der Waals surface area contributed by atoms with Crippen LogP contribution in [0.3, 0.4) is 0 Å². The number of halogens is 1. The Bertz CT molecular complexity index is 749. The smallest absolute Gasteiger partial charge is 0.405 e. The lowest BCUT2D eigenvalue weighted by molar-refractivity contribution is -0.127. The maximum absolute atomic E-state index is 12.7. The fourth-order valence-electron chi connectivity index (χ4n) is 2.70. The Hall–Kier alpha value is -2.53. The molecule has 1 atom stereocenters. The first-order chi connectivity index (χ1) is 11.0. The number of amides is 2. The number of ether oxygens (including phenoxy) is 1. The van der Waals surface area contributed by atoms with Crippen molar-refractivity contribution < 1.29 is 14.3 Å². The average molecular weight is 331 g/mol. The monoisotopic (exact) mass is 330 g/mol. The highest BCUT2D eigenvalue weighted by atomic mass is 35.5. The van der Waals surface area contributed by atoms with Crippen molar-refractivity contribution in [1.29, 1.82) is 0 Å². The van der Waals surface area contributed by atoms with Gasteiger partial charge in [0.2, 0.25) is 0 Å². The first-order valence-corrected chi connectivity index (χ1v) is 7.52. The van der Waals surface area contributed by atoms with Gasteiger partial charge in [-0.2, -0.15) is 0 Å².